The van der Waals surface area contributed by atoms with E-state index in [-0.39, 0.29) is 0 Å². The second-order valence-electron chi connectivity index (χ2n) is 18.3. The fraction of sp³-hybridized carbons (Fsp3) is 0.130. The van der Waals surface area contributed by atoms with Crippen molar-refractivity contribution in [1.29, 1.82) is 0 Å². The van der Waals surface area contributed by atoms with Crippen LogP contribution in [0.5, 0.6) is 0 Å². The van der Waals surface area contributed by atoms with E-state index < -0.39 is 0 Å². The second kappa shape index (κ2) is 23.5. The minimum absolute atomic E-state index is 0.998. The van der Waals surface area contributed by atoms with Crippen molar-refractivity contribution in [3.05, 3.63) is 257 Å². The number of benzene rings is 9. The molecule has 0 saturated heterocycles. The van der Waals surface area contributed by atoms with E-state index in [1.807, 2.05) is 0 Å². The first-order valence-electron chi connectivity index (χ1n) is 25.6. The van der Waals surface area contributed by atoms with Crippen molar-refractivity contribution in [1.82, 2.24) is 0 Å². The molecule has 0 aliphatic carbocycles. The first-order valence-corrected chi connectivity index (χ1v) is 25.6. The van der Waals surface area contributed by atoms with Crippen molar-refractivity contribution in [2.75, 3.05) is 40.9 Å². The smallest absolute Gasteiger partial charge is 0.0462 e. The Bertz CT molecular complexity index is 3090. The Balaban J connectivity index is 0.947. The summed E-state index contributed by atoms with van der Waals surface area (Å²) in [5.74, 6) is 0. The summed E-state index contributed by atoms with van der Waals surface area (Å²) in [5.41, 5.74) is 21.3. The summed E-state index contributed by atoms with van der Waals surface area (Å²) in [5, 5.41) is 0. The number of hydrogen-bond acceptors (Lipinski definition) is 3. The van der Waals surface area contributed by atoms with E-state index in [0.29, 0.717) is 0 Å². The molecule has 0 bridgehead atoms. The van der Waals surface area contributed by atoms with Gasteiger partial charge in [-0.05, 0) is 162 Å². The number of rotatable bonds is 18. The number of aryl methyl sites for hydroxylation is 1. The van der Waals surface area contributed by atoms with Gasteiger partial charge in [0.2, 0.25) is 0 Å². The monoisotopic (exact) mass is 936 g/mol. The Morgan fingerprint density at radius 3 is 0.819 bits per heavy atom. The normalized spacial score (nSPS) is 11.5. The first kappa shape index (κ1) is 48.6. The molecule has 9 aromatic rings. The molecule has 0 aromatic heterocycles. The third-order valence-electron chi connectivity index (χ3n) is 13.6. The van der Waals surface area contributed by atoms with Crippen LogP contribution in [0.15, 0.2) is 218 Å². The molecule has 0 atom stereocenters. The summed E-state index contributed by atoms with van der Waals surface area (Å²) in [6.45, 7) is 14.9. The third-order valence-corrected chi connectivity index (χ3v) is 13.6. The van der Waals surface area contributed by atoms with Crippen LogP contribution in [0.2, 0.25) is 0 Å². The quantitative estimate of drug-likeness (QED) is 0.0794. The Labute approximate surface area is 429 Å². The van der Waals surface area contributed by atoms with Crippen molar-refractivity contribution < 1.29 is 0 Å². The van der Waals surface area contributed by atoms with Crippen LogP contribution in [0, 0.1) is 6.92 Å². The molecule has 356 valence electrons. The molecule has 0 radical (unpaired) electrons. The fourth-order valence-electron chi connectivity index (χ4n) is 9.40. The van der Waals surface area contributed by atoms with Crippen molar-refractivity contribution in [3.63, 3.8) is 0 Å². The molecule has 72 heavy (non-hydrogen) atoms. The van der Waals surface area contributed by atoms with Gasteiger partial charge < -0.3 is 14.7 Å². The first-order chi connectivity index (χ1) is 35.4. The van der Waals surface area contributed by atoms with E-state index in [1.54, 1.807) is 0 Å². The molecule has 0 aliphatic heterocycles. The zero-order valence-electron chi connectivity index (χ0n) is 42.4. The van der Waals surface area contributed by atoms with E-state index in [9.17, 15) is 0 Å². The van der Waals surface area contributed by atoms with Crippen LogP contribution in [0.3, 0.4) is 0 Å². The minimum atomic E-state index is 0.998. The molecule has 0 spiro atoms. The zero-order chi connectivity index (χ0) is 49.7. The molecule has 0 fully saturated rings. The molecule has 0 amide bonds. The largest absolute Gasteiger partial charge is 0.372 e. The van der Waals surface area contributed by atoms with Gasteiger partial charge in [-0.2, -0.15) is 0 Å². The van der Waals surface area contributed by atoms with E-state index in [4.69, 9.17) is 0 Å². The molecular weight excluding hydrogens is 871 g/mol. The molecule has 3 heteroatoms. The standard InChI is InChI=1S/C69H65N3/c1-6-70(7-2)68-17-11-15-57(50-68)23-20-54-27-33-60(34-28-54)63-39-45-66(46-40-63)72(65-43-37-62(38-44-65)59-31-25-53(26-32-59)19-22-56-14-10-13-52(5)49-56)67-47-41-64(42-48-67)61-35-29-55(30-36-61)21-24-58-16-12-18-69(51-58)71(8-3)9-4/h10-51H,6-9H2,1-5H3/b22-19+,23-20+,24-21+. The maximum Gasteiger partial charge on any atom is 0.0462 e. The van der Waals surface area contributed by atoms with Gasteiger partial charge in [-0.15, -0.1) is 0 Å². The lowest BCUT2D eigenvalue weighted by Gasteiger charge is -2.26. The average molecular weight is 936 g/mol. The van der Waals surface area contributed by atoms with Crippen LogP contribution in [0.25, 0.3) is 69.8 Å². The van der Waals surface area contributed by atoms with E-state index in [2.05, 4.69) is 304 Å². The lowest BCUT2D eigenvalue weighted by molar-refractivity contribution is 0.866. The van der Waals surface area contributed by atoms with Crippen LogP contribution in [0.1, 0.15) is 66.6 Å². The summed E-state index contributed by atoms with van der Waals surface area (Å²) in [6.07, 6.45) is 13.2. The fourth-order valence-corrected chi connectivity index (χ4v) is 9.40. The zero-order valence-corrected chi connectivity index (χ0v) is 42.4. The van der Waals surface area contributed by atoms with Crippen LogP contribution in [0.4, 0.5) is 28.4 Å². The van der Waals surface area contributed by atoms with Crippen LogP contribution in [-0.4, -0.2) is 26.2 Å². The predicted molar refractivity (Wildman–Crippen MR) is 315 cm³/mol. The molecule has 0 aliphatic rings. The molecule has 9 aromatic carbocycles. The van der Waals surface area contributed by atoms with Crippen molar-refractivity contribution in [2.24, 2.45) is 0 Å². The van der Waals surface area contributed by atoms with Gasteiger partial charge >= 0.3 is 0 Å². The Hall–Kier alpha value is -8.40. The van der Waals surface area contributed by atoms with Crippen molar-refractivity contribution in [3.8, 4) is 33.4 Å². The maximum atomic E-state index is 2.38. The molecule has 9 rings (SSSR count). The van der Waals surface area contributed by atoms with E-state index in [0.717, 1.165) is 43.2 Å². The summed E-state index contributed by atoms with van der Waals surface area (Å²) in [4.78, 5) is 7.11. The molecule has 3 nitrogen and oxygen atoms in total. The van der Waals surface area contributed by atoms with Gasteiger partial charge in [0.05, 0.1) is 0 Å². The van der Waals surface area contributed by atoms with Gasteiger partial charge in [-0.1, -0.05) is 200 Å². The van der Waals surface area contributed by atoms with Gasteiger partial charge in [0.25, 0.3) is 0 Å². The Morgan fingerprint density at radius 1 is 0.264 bits per heavy atom. The van der Waals surface area contributed by atoms with Gasteiger partial charge in [-0.3, -0.25) is 0 Å². The van der Waals surface area contributed by atoms with Crippen LogP contribution < -0.4 is 14.7 Å². The summed E-state index contributed by atoms with van der Waals surface area (Å²) in [6, 6.07) is 79.5. The number of nitrogens with zero attached hydrogens (tertiary/aromatic N) is 3. The van der Waals surface area contributed by atoms with E-state index in [1.165, 1.54) is 83.7 Å². The Kier molecular flexibility index (Phi) is 15.8. The second-order valence-corrected chi connectivity index (χ2v) is 18.3. The molecule has 0 saturated carbocycles. The summed E-state index contributed by atoms with van der Waals surface area (Å²) < 4.78 is 0. The lowest BCUT2D eigenvalue weighted by Crippen LogP contribution is -2.21. The van der Waals surface area contributed by atoms with Crippen molar-refractivity contribution in [2.45, 2.75) is 34.6 Å². The third kappa shape index (κ3) is 12.1. The number of hydrogen-bond donors (Lipinski definition) is 0. The van der Waals surface area contributed by atoms with Crippen LogP contribution in [-0.2, 0) is 0 Å². The molecule has 0 heterocycles. The van der Waals surface area contributed by atoms with Gasteiger partial charge in [0.1, 0.15) is 0 Å². The highest BCUT2D eigenvalue weighted by Gasteiger charge is 2.14. The molecular formula is C69H65N3. The van der Waals surface area contributed by atoms with E-state index >= 15 is 0 Å². The van der Waals surface area contributed by atoms with Gasteiger partial charge in [0, 0.05) is 54.6 Å². The van der Waals surface area contributed by atoms with Gasteiger partial charge in [-0.25, -0.2) is 0 Å². The lowest BCUT2D eigenvalue weighted by atomic mass is 10.0. The topological polar surface area (TPSA) is 9.72 Å². The highest BCUT2D eigenvalue weighted by atomic mass is 15.1. The molecule has 0 N–H and O–H groups in total. The predicted octanol–water partition coefficient (Wildman–Crippen LogP) is 18.7. The van der Waals surface area contributed by atoms with Crippen molar-refractivity contribution >= 4 is 64.9 Å². The summed E-state index contributed by atoms with van der Waals surface area (Å²) >= 11 is 0. The molecule has 0 unspecified atom stereocenters. The van der Waals surface area contributed by atoms with Gasteiger partial charge in [0.15, 0.2) is 0 Å². The van der Waals surface area contributed by atoms with Crippen LogP contribution >= 0.6 is 0 Å². The highest BCUT2D eigenvalue weighted by Crippen LogP contribution is 2.38. The minimum Gasteiger partial charge on any atom is -0.372 e. The SMILES string of the molecule is CCN(CC)c1cccc(/C=C/c2ccc(-c3ccc(N(c4ccc(-c5ccc(/C=C/c6cccc(C)c6)cc5)cc4)c4ccc(-c5ccc(/C=C/c6cccc(N(CC)CC)c6)cc5)cc4)cc3)cc2)c1. The highest BCUT2D eigenvalue weighted by molar-refractivity contribution is 5.82. The summed E-state index contributed by atoms with van der Waals surface area (Å²) in [7, 11) is 0. The maximum absolute atomic E-state index is 2.38. The Morgan fingerprint density at radius 2 is 0.528 bits per heavy atom. The average Bonchev–Trinajstić information content (AvgIpc) is 3.43. The number of anilines is 5.